The zero-order valence-corrected chi connectivity index (χ0v) is 90.3. The predicted octanol–water partition coefficient (Wildman–Crippen LogP) is 32.5. The van der Waals surface area contributed by atoms with E-state index in [1.165, 1.54) is 507 Å². The van der Waals surface area contributed by atoms with Crippen molar-refractivity contribution in [2.75, 3.05) is 19.9 Å². The van der Waals surface area contributed by atoms with Crippen molar-refractivity contribution in [3.63, 3.8) is 0 Å². The largest absolute Gasteiger partial charge is 0.275 e. The van der Waals surface area contributed by atoms with Gasteiger partial charge < -0.3 is 0 Å². The van der Waals surface area contributed by atoms with Crippen LogP contribution in [0.2, 0.25) is 0 Å². The van der Waals surface area contributed by atoms with E-state index in [4.69, 9.17) is 0 Å². The summed E-state index contributed by atoms with van der Waals surface area (Å²) in [5.41, 5.74) is 29.9. The van der Waals surface area contributed by atoms with E-state index >= 15 is 0 Å². The monoisotopic (exact) mass is 1860 g/mol. The lowest BCUT2D eigenvalue weighted by atomic mass is 9.86. The van der Waals surface area contributed by atoms with Crippen LogP contribution < -0.4 is 55.3 Å². The number of unbranched alkanes of at least 4 members (excludes halogenated alkanes) is 67. The van der Waals surface area contributed by atoms with Gasteiger partial charge in [0.1, 0.15) is 38.7 Å². The maximum Gasteiger partial charge on any atom is 0.133 e. The minimum absolute atomic E-state index is 0.130. The van der Waals surface area contributed by atoms with E-state index in [9.17, 15) is 0 Å². The number of hydrazone groups is 4. The molecule has 0 bridgehead atoms. The Morgan fingerprint density at radius 2 is 0.561 bits per heavy atom. The third kappa shape index (κ3) is 73.8. The van der Waals surface area contributed by atoms with E-state index < -0.39 is 0 Å². The van der Waals surface area contributed by atoms with E-state index in [0.29, 0.717) is 18.8 Å². The van der Waals surface area contributed by atoms with Gasteiger partial charge in [0.05, 0.1) is 16.6 Å². The lowest BCUT2D eigenvalue weighted by molar-refractivity contribution is 0.0928. The van der Waals surface area contributed by atoms with Gasteiger partial charge >= 0.3 is 0 Å². The molecule has 24 heteroatoms. The van der Waals surface area contributed by atoms with E-state index in [1.54, 1.807) is 0 Å². The van der Waals surface area contributed by atoms with Crippen LogP contribution in [0.3, 0.4) is 0 Å². The Bertz CT molecular complexity index is 2510. The molecule has 0 saturated heterocycles. The molecule has 0 saturated carbocycles. The first-order valence-electron chi connectivity index (χ1n) is 57.9. The van der Waals surface area contributed by atoms with Gasteiger partial charge in [0, 0.05) is 18.6 Å². The third-order valence-corrected chi connectivity index (χ3v) is 28.9. The molecule has 3 unspecified atom stereocenters. The summed E-state index contributed by atoms with van der Waals surface area (Å²) < 4.78 is 0. The van der Waals surface area contributed by atoms with Gasteiger partial charge in [-0.25, -0.2) is 33.2 Å². The quantitative estimate of drug-likeness (QED) is 0.0255. The SMILES string of the molecule is CCCCCCCCCCCCCCC(C)(C)N1C=NNN1.CCCCCCCCCCCCCCC(C)(CC)N1C=NNN1.CCCCCCCCCCCCCCC(C)N1CN=NN1.CCCCCCCCCCCCCCC(CC)(CC)N1C=NNN1.CCCCCCCCCCCCCCC(CC)N1C=NNN1.CCCCCCCCCCCCCCCN1CN=NN1. The van der Waals surface area contributed by atoms with Crippen molar-refractivity contribution in [3.05, 3.63) is 0 Å². The van der Waals surface area contributed by atoms with Crippen LogP contribution in [-0.4, -0.2) is 104 Å². The van der Waals surface area contributed by atoms with Crippen molar-refractivity contribution in [2.24, 2.45) is 41.1 Å². The summed E-state index contributed by atoms with van der Waals surface area (Å²) in [5, 5.41) is 44.1. The van der Waals surface area contributed by atoms with E-state index in [1.807, 2.05) is 25.4 Å². The fourth-order valence-corrected chi connectivity index (χ4v) is 18.8. The smallest absolute Gasteiger partial charge is 0.133 e. The van der Waals surface area contributed by atoms with Crippen LogP contribution >= 0.6 is 0 Å². The minimum atomic E-state index is 0.130. The maximum atomic E-state index is 4.08. The summed E-state index contributed by atoms with van der Waals surface area (Å²) in [7, 11) is 0. The molecule has 0 aromatic rings. The number of hydrogen-bond donors (Lipinski definition) is 10. The average Bonchev–Trinajstić information content (AvgIpc) is 1.64. The number of hydrazine groups is 10. The molecule has 6 rings (SSSR count). The fraction of sp³-hybridized carbons (Fsp3) is 0.963. The highest BCUT2D eigenvalue weighted by molar-refractivity contribution is 5.57. The Hall–Kier alpha value is -4.36. The van der Waals surface area contributed by atoms with Crippen LogP contribution in [-0.2, 0) is 0 Å². The maximum absolute atomic E-state index is 4.08. The second-order valence-corrected chi connectivity index (χ2v) is 41.1. The molecule has 6 aliphatic heterocycles. The zero-order chi connectivity index (χ0) is 95.8. The van der Waals surface area contributed by atoms with Crippen molar-refractivity contribution < 1.29 is 0 Å². The molecule has 0 radical (unpaired) electrons. The first-order chi connectivity index (χ1) is 64.8. The summed E-state index contributed by atoms with van der Waals surface area (Å²) in [6.07, 6.45) is 121. The second-order valence-electron chi connectivity index (χ2n) is 41.1. The molecule has 6 heterocycles. The standard InChI is InChI=1S/C20H42N4.C19H40N4.2C18H38N4.C17H36N4.C16H34N4/c1-4-7-8-9-10-11-12-13-14-15-16-17-18-20(5-2,6-3)24-19-21-22-23-24;1-4-6-7-8-9-10-11-12-13-14-15-16-17-19(3,5-2)23-18-20-21-22-23;1-4-5-6-7-8-9-10-11-12-13-14-15-16-18(2,3)22-17-19-20-21-22;1-3-5-6-7-8-9-10-11-12-13-14-15-16-18(4-2)22-17-19-20-21-22;1-3-4-5-6-7-8-9-10-11-12-13-14-15-17(2)21-16-18-19-20-21;1-2-3-4-5-6-7-8-9-10-11-12-13-14-15-20-16-17-18-19-20/h19,22-23H,4-18H2,1-3H3;18,21-22H,4-17H2,1-3H3;17,20-21H,4-16H2,1-3H3;17-18,20-21H,3-16H2,1-2H3;17H,3-16H2,1-2H3,(H,18,20);2-16H2,1H3,(H,17,19). The van der Waals surface area contributed by atoms with E-state index in [0.717, 1.165) is 32.5 Å². The highest BCUT2D eigenvalue weighted by atomic mass is 15.8. The van der Waals surface area contributed by atoms with Crippen molar-refractivity contribution in [1.82, 2.24) is 85.4 Å². The number of nitrogens with one attached hydrogen (secondary N) is 10. The minimum Gasteiger partial charge on any atom is -0.275 e. The molecule has 0 aliphatic carbocycles. The molecule has 132 heavy (non-hydrogen) atoms. The van der Waals surface area contributed by atoms with Gasteiger partial charge in [-0.3, -0.25) is 20.0 Å². The van der Waals surface area contributed by atoms with Gasteiger partial charge in [-0.15, -0.1) is 22.1 Å². The average molecular weight is 1860 g/mol. The number of rotatable bonds is 88. The molecule has 0 amide bonds. The Balaban J connectivity index is 0.000000793. The molecule has 0 fully saturated rings. The molecular formula is C108H228N24. The second kappa shape index (κ2) is 95.6. The molecule has 3 atom stereocenters. The van der Waals surface area contributed by atoms with Gasteiger partial charge in [0.2, 0.25) is 0 Å². The van der Waals surface area contributed by atoms with Gasteiger partial charge in [0.25, 0.3) is 0 Å². The van der Waals surface area contributed by atoms with Crippen LogP contribution in [0.15, 0.2) is 41.1 Å². The molecule has 10 N–H and O–H groups in total. The van der Waals surface area contributed by atoms with Crippen molar-refractivity contribution >= 4 is 25.4 Å². The Morgan fingerprint density at radius 1 is 0.273 bits per heavy atom. The normalized spacial score (nSPS) is 15.3. The Morgan fingerprint density at radius 3 is 0.856 bits per heavy atom. The molecule has 780 valence electrons. The van der Waals surface area contributed by atoms with Gasteiger partial charge in [-0.2, -0.15) is 40.7 Å². The summed E-state index contributed by atoms with van der Waals surface area (Å²) in [6.45, 7) is 34.4. The van der Waals surface area contributed by atoms with Gasteiger partial charge in [0.15, 0.2) is 0 Å². The topological polar surface area (TPSA) is 239 Å². The van der Waals surface area contributed by atoms with E-state index in [-0.39, 0.29) is 16.6 Å². The number of nitrogens with zero attached hydrogens (tertiary/aromatic N) is 14. The lowest BCUT2D eigenvalue weighted by Crippen LogP contribution is -2.53. The zero-order valence-electron chi connectivity index (χ0n) is 90.3. The van der Waals surface area contributed by atoms with Crippen molar-refractivity contribution in [3.8, 4) is 0 Å². The highest BCUT2D eigenvalue weighted by Crippen LogP contribution is 2.31. The Labute approximate surface area is 819 Å². The van der Waals surface area contributed by atoms with Crippen molar-refractivity contribution in [2.45, 2.75) is 652 Å². The van der Waals surface area contributed by atoms with E-state index in [2.05, 4.69) is 223 Å². The number of hydrogen-bond acceptors (Lipinski definition) is 24. The van der Waals surface area contributed by atoms with Crippen LogP contribution in [0, 0.1) is 0 Å². The summed E-state index contributed by atoms with van der Waals surface area (Å²) in [6, 6.07) is 1.12. The molecule has 0 aromatic heterocycles. The lowest BCUT2D eigenvalue weighted by Gasteiger charge is -2.39. The summed E-state index contributed by atoms with van der Waals surface area (Å²) in [5.74, 6) is 0. The summed E-state index contributed by atoms with van der Waals surface area (Å²) >= 11 is 0. The summed E-state index contributed by atoms with van der Waals surface area (Å²) in [4.78, 5) is 0. The Kier molecular flexibility index (Phi) is 91.0. The van der Waals surface area contributed by atoms with Crippen molar-refractivity contribution in [1.29, 1.82) is 0 Å². The molecule has 24 nitrogen and oxygen atoms in total. The first-order valence-corrected chi connectivity index (χ1v) is 57.9. The van der Waals surface area contributed by atoms with Gasteiger partial charge in [-0.1, -0.05) is 542 Å². The van der Waals surface area contributed by atoms with Gasteiger partial charge in [-0.05, 0) is 91.9 Å². The van der Waals surface area contributed by atoms with Crippen LogP contribution in [0.1, 0.15) is 623 Å². The van der Waals surface area contributed by atoms with Crippen LogP contribution in [0.4, 0.5) is 0 Å². The molecule has 0 aromatic carbocycles. The first kappa shape index (κ1) is 126. The van der Waals surface area contributed by atoms with Crippen LogP contribution in [0.5, 0.6) is 0 Å². The molecule has 0 spiro atoms. The predicted molar refractivity (Wildman–Crippen MR) is 574 cm³/mol. The third-order valence-electron chi connectivity index (χ3n) is 28.9. The molecular weight excluding hydrogens is 1630 g/mol. The fourth-order valence-electron chi connectivity index (χ4n) is 18.8. The molecule has 6 aliphatic rings. The van der Waals surface area contributed by atoms with Crippen LogP contribution in [0.25, 0.3) is 0 Å². The highest BCUT2D eigenvalue weighted by Gasteiger charge is 2.34.